The maximum atomic E-state index is 12.7. The second kappa shape index (κ2) is 7.46. The summed E-state index contributed by atoms with van der Waals surface area (Å²) in [6.07, 6.45) is 3.01. The number of aliphatic carboxylic acids is 1. The fourth-order valence-electron chi connectivity index (χ4n) is 3.44. The van der Waals surface area contributed by atoms with Crippen LogP contribution >= 0.6 is 11.6 Å². The van der Waals surface area contributed by atoms with Gasteiger partial charge in [-0.2, -0.15) is 4.31 Å². The maximum absolute atomic E-state index is 12.7. The largest absolute Gasteiger partial charge is 0.478 e. The molecule has 0 radical (unpaired) electrons. The third-order valence-corrected chi connectivity index (χ3v) is 6.18. The van der Waals surface area contributed by atoms with Crippen LogP contribution in [0.25, 0.3) is 0 Å². The molecule has 7 heteroatoms. The fourth-order valence-corrected chi connectivity index (χ4v) is 4.86. The van der Waals surface area contributed by atoms with Crippen LogP contribution in [0, 0.1) is 6.92 Å². The Morgan fingerprint density at radius 2 is 1.63 bits per heavy atom. The molecular weight excluding hydrogens is 386 g/mol. The van der Waals surface area contributed by atoms with E-state index < -0.39 is 28.1 Å². The predicted molar refractivity (Wildman–Crippen MR) is 105 cm³/mol. The van der Waals surface area contributed by atoms with Gasteiger partial charge in [-0.3, -0.25) is 0 Å². The highest BCUT2D eigenvalue weighted by molar-refractivity contribution is 7.88. The zero-order valence-corrected chi connectivity index (χ0v) is 16.5. The van der Waals surface area contributed by atoms with Gasteiger partial charge < -0.3 is 5.11 Å². The second-order valence-electron chi connectivity index (χ2n) is 6.67. The highest BCUT2D eigenvalue weighted by Crippen LogP contribution is 2.43. The molecule has 5 nitrogen and oxygen atoms in total. The van der Waals surface area contributed by atoms with Gasteiger partial charge in [0.1, 0.15) is 0 Å². The molecule has 0 aromatic heterocycles. The van der Waals surface area contributed by atoms with Crippen LogP contribution in [0.1, 0.15) is 35.2 Å². The standard InChI is InChI=1S/C20H20ClNO4S/c1-13-3-5-15(6-4-13)19-17(20(23)24)11-12-18(22(19)27(2,25)26)14-7-9-16(21)10-8-14/h3-11,18-19H,12H2,1-2H3,(H,23,24)/t18-,19-/m0/s1. The first-order valence-electron chi connectivity index (χ1n) is 8.42. The summed E-state index contributed by atoms with van der Waals surface area (Å²) in [6, 6.07) is 12.8. The van der Waals surface area contributed by atoms with Gasteiger partial charge in [-0.15, -0.1) is 0 Å². The Kier molecular flexibility index (Phi) is 5.42. The SMILES string of the molecule is Cc1ccc([C@H]2C(C(=O)O)=CC[C@@H](c3ccc(Cl)cc3)N2S(C)(=O)=O)cc1. The van der Waals surface area contributed by atoms with E-state index in [0.717, 1.165) is 17.4 Å². The molecule has 0 bridgehead atoms. The third kappa shape index (κ3) is 4.08. The monoisotopic (exact) mass is 405 g/mol. The Morgan fingerprint density at radius 1 is 1.07 bits per heavy atom. The zero-order chi connectivity index (χ0) is 19.8. The zero-order valence-electron chi connectivity index (χ0n) is 15.0. The molecule has 1 N–H and O–H groups in total. The molecule has 142 valence electrons. The van der Waals surface area contributed by atoms with E-state index in [1.165, 1.54) is 4.31 Å². The van der Waals surface area contributed by atoms with E-state index in [4.69, 9.17) is 11.6 Å². The molecule has 0 spiro atoms. The van der Waals surface area contributed by atoms with Crippen molar-refractivity contribution >= 4 is 27.6 Å². The van der Waals surface area contributed by atoms with Crippen molar-refractivity contribution in [2.45, 2.75) is 25.4 Å². The van der Waals surface area contributed by atoms with Crippen molar-refractivity contribution in [3.63, 3.8) is 0 Å². The molecular formula is C20H20ClNO4S. The lowest BCUT2D eigenvalue weighted by Gasteiger charge is -2.40. The summed E-state index contributed by atoms with van der Waals surface area (Å²) < 4.78 is 26.8. The molecule has 1 aliphatic heterocycles. The molecule has 0 amide bonds. The van der Waals surface area contributed by atoms with E-state index in [1.54, 1.807) is 42.5 Å². The summed E-state index contributed by atoms with van der Waals surface area (Å²) in [5.74, 6) is -1.12. The number of carbonyl (C=O) groups is 1. The van der Waals surface area contributed by atoms with Crippen molar-refractivity contribution in [1.29, 1.82) is 0 Å². The molecule has 2 atom stereocenters. The van der Waals surface area contributed by atoms with Gasteiger partial charge in [-0.05, 0) is 36.6 Å². The third-order valence-electron chi connectivity index (χ3n) is 4.70. The van der Waals surface area contributed by atoms with E-state index >= 15 is 0 Å². The average molecular weight is 406 g/mol. The number of benzene rings is 2. The minimum Gasteiger partial charge on any atom is -0.478 e. The summed E-state index contributed by atoms with van der Waals surface area (Å²) in [7, 11) is -3.71. The van der Waals surface area contributed by atoms with Gasteiger partial charge in [0.2, 0.25) is 10.0 Å². The van der Waals surface area contributed by atoms with Crippen molar-refractivity contribution in [2.24, 2.45) is 0 Å². The van der Waals surface area contributed by atoms with Crippen LogP contribution in [-0.2, 0) is 14.8 Å². The molecule has 0 saturated heterocycles. The van der Waals surface area contributed by atoms with Crippen LogP contribution in [0.3, 0.4) is 0 Å². The number of sulfonamides is 1. The first kappa shape index (κ1) is 19.6. The highest BCUT2D eigenvalue weighted by atomic mass is 35.5. The summed E-state index contributed by atoms with van der Waals surface area (Å²) in [5, 5.41) is 10.2. The van der Waals surface area contributed by atoms with E-state index in [0.29, 0.717) is 10.6 Å². The van der Waals surface area contributed by atoms with Gasteiger partial charge >= 0.3 is 5.97 Å². The van der Waals surface area contributed by atoms with E-state index in [9.17, 15) is 18.3 Å². The summed E-state index contributed by atoms with van der Waals surface area (Å²) in [5.41, 5.74) is 2.46. The Balaban J connectivity index is 2.19. The van der Waals surface area contributed by atoms with Crippen molar-refractivity contribution in [3.8, 4) is 0 Å². The summed E-state index contributed by atoms with van der Waals surface area (Å²) >= 11 is 5.96. The van der Waals surface area contributed by atoms with Crippen molar-refractivity contribution < 1.29 is 18.3 Å². The van der Waals surface area contributed by atoms with Crippen molar-refractivity contribution in [3.05, 3.63) is 81.9 Å². The van der Waals surface area contributed by atoms with Gasteiger partial charge in [0, 0.05) is 5.02 Å². The molecule has 3 rings (SSSR count). The number of hydrogen-bond acceptors (Lipinski definition) is 3. The lowest BCUT2D eigenvalue weighted by atomic mass is 9.89. The van der Waals surface area contributed by atoms with E-state index in [1.807, 2.05) is 19.1 Å². The van der Waals surface area contributed by atoms with Gasteiger partial charge in [-0.25, -0.2) is 13.2 Å². The van der Waals surface area contributed by atoms with Gasteiger partial charge in [0.25, 0.3) is 0 Å². The molecule has 0 aliphatic carbocycles. The molecule has 0 unspecified atom stereocenters. The number of halogens is 1. The van der Waals surface area contributed by atoms with Crippen LogP contribution < -0.4 is 0 Å². The minimum absolute atomic E-state index is 0.0643. The van der Waals surface area contributed by atoms with Crippen LogP contribution in [0.15, 0.2) is 60.2 Å². The molecule has 2 aromatic carbocycles. The Bertz CT molecular complexity index is 982. The molecule has 0 saturated carbocycles. The molecule has 2 aromatic rings. The molecule has 1 heterocycles. The topological polar surface area (TPSA) is 74.7 Å². The minimum atomic E-state index is -3.71. The second-order valence-corrected chi connectivity index (χ2v) is 9.00. The van der Waals surface area contributed by atoms with Gasteiger partial charge in [-0.1, -0.05) is 59.6 Å². The number of carboxylic acids is 1. The number of carboxylic acid groups (broad SMARTS) is 1. The molecule has 1 aliphatic rings. The number of hydrogen-bond donors (Lipinski definition) is 1. The van der Waals surface area contributed by atoms with Crippen LogP contribution in [0.2, 0.25) is 5.02 Å². The quantitative estimate of drug-likeness (QED) is 0.830. The number of rotatable bonds is 4. The van der Waals surface area contributed by atoms with E-state index in [-0.39, 0.29) is 12.0 Å². The summed E-state index contributed by atoms with van der Waals surface area (Å²) in [4.78, 5) is 11.9. The molecule has 0 fully saturated rings. The van der Waals surface area contributed by atoms with Crippen molar-refractivity contribution in [2.75, 3.05) is 6.26 Å². The fraction of sp³-hybridized carbons (Fsp3) is 0.250. The van der Waals surface area contributed by atoms with Crippen LogP contribution in [0.4, 0.5) is 0 Å². The highest BCUT2D eigenvalue weighted by Gasteiger charge is 2.42. The average Bonchev–Trinajstić information content (AvgIpc) is 2.61. The Labute approximate surface area is 163 Å². The van der Waals surface area contributed by atoms with Gasteiger partial charge in [0.05, 0.1) is 23.9 Å². The van der Waals surface area contributed by atoms with Crippen LogP contribution in [-0.4, -0.2) is 30.1 Å². The maximum Gasteiger partial charge on any atom is 0.333 e. The van der Waals surface area contributed by atoms with E-state index in [2.05, 4.69) is 0 Å². The first-order valence-corrected chi connectivity index (χ1v) is 10.6. The smallest absolute Gasteiger partial charge is 0.333 e. The summed E-state index contributed by atoms with van der Waals surface area (Å²) in [6.45, 7) is 1.92. The normalized spacial score (nSPS) is 20.9. The lowest BCUT2D eigenvalue weighted by Crippen LogP contribution is -2.41. The first-order chi connectivity index (χ1) is 12.7. The molecule has 27 heavy (non-hydrogen) atoms. The van der Waals surface area contributed by atoms with Gasteiger partial charge in [0.15, 0.2) is 0 Å². The Morgan fingerprint density at radius 3 is 2.15 bits per heavy atom. The van der Waals surface area contributed by atoms with Crippen LogP contribution in [0.5, 0.6) is 0 Å². The number of nitrogens with zero attached hydrogens (tertiary/aromatic N) is 1. The number of aryl methyl sites for hydroxylation is 1. The lowest BCUT2D eigenvalue weighted by molar-refractivity contribution is -0.133. The Hall–Kier alpha value is -2.15. The predicted octanol–water partition coefficient (Wildman–Crippen LogP) is 4.11. The van der Waals surface area contributed by atoms with Crippen molar-refractivity contribution in [1.82, 2.24) is 4.31 Å².